The van der Waals surface area contributed by atoms with Gasteiger partial charge in [-0.3, -0.25) is 4.79 Å². The second kappa shape index (κ2) is 8.18. The number of likely N-dealkylation sites (N-methyl/N-ethyl adjacent to an activating group) is 1. The summed E-state index contributed by atoms with van der Waals surface area (Å²) < 4.78 is 41.7. The van der Waals surface area contributed by atoms with Gasteiger partial charge in [0, 0.05) is 12.6 Å². The number of halogens is 1. The summed E-state index contributed by atoms with van der Waals surface area (Å²) in [5, 5.41) is 3.00. The number of benzene rings is 2. The molecule has 3 rings (SSSR count). The van der Waals surface area contributed by atoms with E-state index in [0.717, 1.165) is 5.56 Å². The summed E-state index contributed by atoms with van der Waals surface area (Å²) in [6.07, 6.45) is 0.659. The third-order valence-corrected chi connectivity index (χ3v) is 6.10. The van der Waals surface area contributed by atoms with Crippen molar-refractivity contribution >= 4 is 21.8 Å². The highest BCUT2D eigenvalue weighted by Gasteiger charge is 2.31. The first-order valence-corrected chi connectivity index (χ1v) is 11.1. The van der Waals surface area contributed by atoms with E-state index in [1.54, 1.807) is 37.4 Å². The number of hydrogen-bond donors (Lipinski definition) is 1. The molecule has 0 saturated heterocycles. The summed E-state index contributed by atoms with van der Waals surface area (Å²) in [6.45, 7) is 6.13. The van der Waals surface area contributed by atoms with Crippen molar-refractivity contribution in [3.05, 3.63) is 65.5 Å². The number of sulfonamides is 1. The van der Waals surface area contributed by atoms with Gasteiger partial charge in [-0.25, -0.2) is 4.39 Å². The minimum Gasteiger partial charge on any atom is -0.349 e. The van der Waals surface area contributed by atoms with Crippen molar-refractivity contribution in [3.8, 4) is 0 Å². The first-order valence-electron chi connectivity index (χ1n) is 9.67. The first-order chi connectivity index (χ1) is 14.0. The van der Waals surface area contributed by atoms with Gasteiger partial charge in [-0.1, -0.05) is 45.0 Å². The summed E-state index contributed by atoms with van der Waals surface area (Å²) >= 11 is 0. The van der Waals surface area contributed by atoms with Gasteiger partial charge in [0.25, 0.3) is 10.0 Å². The molecule has 1 heterocycles. The lowest BCUT2D eigenvalue weighted by atomic mass is 9.85. The standard InChI is InChI=1S/C22H26FN3O3S/c1-22(2,3)13-18(15-9-11-16(23)12-10-15)24-20(27)14-26(4)21-17-7-5-6-8-19(17)30(28,29)25-21/h5-12,18H,13-14H2,1-4H3,(H,24,27)/t18-/m1/s1. The number of nitrogens with zero attached hydrogens (tertiary/aromatic N) is 2. The number of carbonyl (C=O) groups is 1. The van der Waals surface area contributed by atoms with E-state index in [4.69, 9.17) is 0 Å². The molecule has 30 heavy (non-hydrogen) atoms. The molecule has 0 aromatic heterocycles. The maximum atomic E-state index is 13.3. The van der Waals surface area contributed by atoms with Crippen LogP contribution >= 0.6 is 0 Å². The molecule has 6 nitrogen and oxygen atoms in total. The van der Waals surface area contributed by atoms with Crippen LogP contribution < -0.4 is 5.32 Å². The van der Waals surface area contributed by atoms with Crippen LogP contribution in [-0.4, -0.2) is 38.7 Å². The molecule has 1 atom stereocenters. The average Bonchev–Trinajstić information content (AvgIpc) is 2.92. The van der Waals surface area contributed by atoms with E-state index in [0.29, 0.717) is 12.0 Å². The van der Waals surface area contributed by atoms with E-state index >= 15 is 0 Å². The maximum absolute atomic E-state index is 13.3. The lowest BCUT2D eigenvalue weighted by Gasteiger charge is -2.28. The van der Waals surface area contributed by atoms with Crippen molar-refractivity contribution in [1.29, 1.82) is 0 Å². The van der Waals surface area contributed by atoms with Gasteiger partial charge in [0.1, 0.15) is 10.7 Å². The molecule has 0 bridgehead atoms. The molecular weight excluding hydrogens is 405 g/mol. The van der Waals surface area contributed by atoms with Gasteiger partial charge < -0.3 is 10.2 Å². The van der Waals surface area contributed by atoms with Crippen molar-refractivity contribution in [1.82, 2.24) is 10.2 Å². The Bertz CT molecular complexity index is 1070. The van der Waals surface area contributed by atoms with Gasteiger partial charge in [-0.2, -0.15) is 8.42 Å². The molecule has 0 unspecified atom stereocenters. The van der Waals surface area contributed by atoms with Gasteiger partial charge >= 0.3 is 0 Å². The summed E-state index contributed by atoms with van der Waals surface area (Å²) in [7, 11) is -2.12. The predicted octanol–water partition coefficient (Wildman–Crippen LogP) is 3.50. The van der Waals surface area contributed by atoms with Crippen molar-refractivity contribution in [2.45, 2.75) is 38.1 Å². The van der Waals surface area contributed by atoms with Crippen LogP contribution in [0.1, 0.15) is 44.4 Å². The van der Waals surface area contributed by atoms with Gasteiger partial charge in [0.2, 0.25) is 5.91 Å². The van der Waals surface area contributed by atoms with Crippen LogP contribution in [0, 0.1) is 11.2 Å². The van der Waals surface area contributed by atoms with E-state index in [1.807, 2.05) is 0 Å². The quantitative estimate of drug-likeness (QED) is 0.786. The van der Waals surface area contributed by atoms with Crippen molar-refractivity contribution in [3.63, 3.8) is 0 Å². The normalized spacial score (nSPS) is 15.8. The predicted molar refractivity (Wildman–Crippen MR) is 114 cm³/mol. The van der Waals surface area contributed by atoms with Crippen LogP contribution in [0.4, 0.5) is 4.39 Å². The summed E-state index contributed by atoms with van der Waals surface area (Å²) in [6, 6.07) is 12.3. The fourth-order valence-corrected chi connectivity index (χ4v) is 4.71. The number of hydrogen-bond acceptors (Lipinski definition) is 4. The first kappa shape index (κ1) is 22.0. The number of rotatable bonds is 5. The Hall–Kier alpha value is -2.74. The second-order valence-corrected chi connectivity index (χ2v) is 10.3. The zero-order valence-electron chi connectivity index (χ0n) is 17.5. The Labute approximate surface area is 176 Å². The smallest absolute Gasteiger partial charge is 0.285 e. The highest BCUT2D eigenvalue weighted by molar-refractivity contribution is 7.90. The Morgan fingerprint density at radius 3 is 2.40 bits per heavy atom. The minimum absolute atomic E-state index is 0.0650. The molecule has 0 radical (unpaired) electrons. The molecule has 0 fully saturated rings. The molecule has 8 heteroatoms. The number of amides is 1. The van der Waals surface area contributed by atoms with E-state index in [1.165, 1.54) is 23.1 Å². The maximum Gasteiger partial charge on any atom is 0.285 e. The highest BCUT2D eigenvalue weighted by atomic mass is 32.2. The molecule has 1 aliphatic rings. The van der Waals surface area contributed by atoms with Crippen molar-refractivity contribution < 1.29 is 17.6 Å². The van der Waals surface area contributed by atoms with E-state index in [9.17, 15) is 17.6 Å². The average molecular weight is 432 g/mol. The topological polar surface area (TPSA) is 78.8 Å². The molecule has 160 valence electrons. The third-order valence-electron chi connectivity index (χ3n) is 4.78. The van der Waals surface area contributed by atoms with Crippen LogP contribution in [-0.2, 0) is 14.8 Å². The summed E-state index contributed by atoms with van der Waals surface area (Å²) in [5.74, 6) is -0.367. The lowest BCUT2D eigenvalue weighted by Crippen LogP contribution is -2.40. The molecule has 1 N–H and O–H groups in total. The highest BCUT2D eigenvalue weighted by Crippen LogP contribution is 2.30. The van der Waals surface area contributed by atoms with Gasteiger partial charge in [-0.15, -0.1) is 4.40 Å². The molecule has 0 aliphatic carbocycles. The van der Waals surface area contributed by atoms with Crippen LogP contribution in [0.2, 0.25) is 0 Å². The Kier molecular flexibility index (Phi) is 5.99. The SMILES string of the molecule is CN(CC(=O)N[C@H](CC(C)(C)C)c1ccc(F)cc1)C1=NS(=O)(=O)c2ccccc21. The Balaban J connectivity index is 1.76. The van der Waals surface area contributed by atoms with Crippen molar-refractivity contribution in [2.75, 3.05) is 13.6 Å². The van der Waals surface area contributed by atoms with E-state index in [-0.39, 0.29) is 40.5 Å². The number of carbonyl (C=O) groups excluding carboxylic acids is 1. The molecular formula is C22H26FN3O3S. The molecule has 2 aromatic carbocycles. The molecule has 1 aliphatic heterocycles. The number of nitrogens with one attached hydrogen (secondary N) is 1. The van der Waals surface area contributed by atoms with E-state index in [2.05, 4.69) is 30.5 Å². The minimum atomic E-state index is -3.75. The zero-order valence-corrected chi connectivity index (χ0v) is 18.3. The van der Waals surface area contributed by atoms with Gasteiger partial charge in [-0.05, 0) is 41.7 Å². The van der Waals surface area contributed by atoms with Crippen LogP contribution in [0.3, 0.4) is 0 Å². The number of amidine groups is 1. The second-order valence-electron chi connectivity index (χ2n) is 8.68. The Morgan fingerprint density at radius 1 is 1.13 bits per heavy atom. The summed E-state index contributed by atoms with van der Waals surface area (Å²) in [5.41, 5.74) is 1.23. The fraction of sp³-hybridized carbons (Fsp3) is 0.364. The fourth-order valence-electron chi connectivity index (χ4n) is 3.45. The van der Waals surface area contributed by atoms with Crippen LogP contribution in [0.5, 0.6) is 0 Å². The van der Waals surface area contributed by atoms with Crippen LogP contribution in [0.25, 0.3) is 0 Å². The van der Waals surface area contributed by atoms with Gasteiger partial charge in [0.05, 0.1) is 12.6 Å². The Morgan fingerprint density at radius 2 is 1.77 bits per heavy atom. The van der Waals surface area contributed by atoms with Crippen LogP contribution in [0.15, 0.2) is 57.8 Å². The molecule has 0 spiro atoms. The van der Waals surface area contributed by atoms with Crippen molar-refractivity contribution in [2.24, 2.45) is 9.81 Å². The lowest BCUT2D eigenvalue weighted by molar-refractivity contribution is -0.122. The number of fused-ring (bicyclic) bond motifs is 1. The summed E-state index contributed by atoms with van der Waals surface area (Å²) in [4.78, 5) is 14.5. The van der Waals surface area contributed by atoms with E-state index < -0.39 is 10.0 Å². The van der Waals surface area contributed by atoms with Gasteiger partial charge in [0.15, 0.2) is 5.84 Å². The molecule has 0 saturated carbocycles. The zero-order chi connectivity index (χ0) is 22.1. The molecule has 1 amide bonds. The third kappa shape index (κ3) is 5.05. The monoisotopic (exact) mass is 431 g/mol. The largest absolute Gasteiger partial charge is 0.349 e. The molecule has 2 aromatic rings.